The molecule has 0 amide bonds. The number of carbonyl (C=O) groups is 1. The zero-order valence-electron chi connectivity index (χ0n) is 11.3. The van der Waals surface area contributed by atoms with Gasteiger partial charge in [-0.1, -0.05) is 42.0 Å². The second-order valence-corrected chi connectivity index (χ2v) is 4.71. The summed E-state index contributed by atoms with van der Waals surface area (Å²) in [6.07, 6.45) is 1.74. The predicted molar refractivity (Wildman–Crippen MR) is 76.7 cm³/mol. The van der Waals surface area contributed by atoms with Crippen molar-refractivity contribution < 1.29 is 9.53 Å². The second-order valence-electron chi connectivity index (χ2n) is 4.71. The van der Waals surface area contributed by atoms with Gasteiger partial charge in [0.05, 0.1) is 7.11 Å². The van der Waals surface area contributed by atoms with Crippen LogP contribution in [0.15, 0.2) is 48.5 Å². The third-order valence-electron chi connectivity index (χ3n) is 3.28. The number of methoxy groups -OCH3 is 1. The van der Waals surface area contributed by atoms with Gasteiger partial charge < -0.3 is 9.53 Å². The molecule has 0 aromatic heterocycles. The Morgan fingerprint density at radius 3 is 2.21 bits per heavy atom. The first-order valence-corrected chi connectivity index (χ1v) is 6.37. The number of hydrogen-bond acceptors (Lipinski definition) is 2. The van der Waals surface area contributed by atoms with E-state index in [1.807, 2.05) is 55.5 Å². The first-order chi connectivity index (χ1) is 9.22. The van der Waals surface area contributed by atoms with E-state index in [0.717, 1.165) is 29.6 Å². The summed E-state index contributed by atoms with van der Waals surface area (Å²) in [6, 6.07) is 16.0. The van der Waals surface area contributed by atoms with Crippen LogP contribution in [-0.2, 0) is 11.2 Å². The Balaban J connectivity index is 2.14. The molecule has 19 heavy (non-hydrogen) atoms. The van der Waals surface area contributed by atoms with Crippen LogP contribution in [-0.4, -0.2) is 13.4 Å². The van der Waals surface area contributed by atoms with Crippen molar-refractivity contribution in [2.24, 2.45) is 0 Å². The van der Waals surface area contributed by atoms with E-state index in [-0.39, 0.29) is 5.92 Å². The fourth-order valence-electron chi connectivity index (χ4n) is 2.07. The maximum Gasteiger partial charge on any atom is 0.127 e. The first-order valence-electron chi connectivity index (χ1n) is 6.37. The van der Waals surface area contributed by atoms with Crippen LogP contribution in [0.2, 0.25) is 0 Å². The molecule has 0 spiro atoms. The Morgan fingerprint density at radius 2 is 1.68 bits per heavy atom. The van der Waals surface area contributed by atoms with Gasteiger partial charge in [0.1, 0.15) is 12.0 Å². The number of aryl methyl sites for hydroxylation is 1. The average molecular weight is 254 g/mol. The SMILES string of the molecule is COc1ccc(CC(C=O)c2ccc(C)cc2)cc1. The van der Waals surface area contributed by atoms with Crippen LogP contribution in [0.25, 0.3) is 0 Å². The minimum atomic E-state index is -0.0889. The van der Waals surface area contributed by atoms with E-state index in [4.69, 9.17) is 4.74 Å². The summed E-state index contributed by atoms with van der Waals surface area (Å²) in [6.45, 7) is 2.04. The van der Waals surface area contributed by atoms with Gasteiger partial charge in [0, 0.05) is 5.92 Å². The Kier molecular flexibility index (Phi) is 4.35. The van der Waals surface area contributed by atoms with Gasteiger partial charge in [0.2, 0.25) is 0 Å². The Hall–Kier alpha value is -2.09. The molecule has 0 radical (unpaired) electrons. The number of hydrogen-bond donors (Lipinski definition) is 0. The molecule has 0 aliphatic heterocycles. The van der Waals surface area contributed by atoms with Crippen molar-refractivity contribution in [1.82, 2.24) is 0 Å². The molecule has 1 atom stereocenters. The summed E-state index contributed by atoms with van der Waals surface area (Å²) in [7, 11) is 1.65. The molecule has 98 valence electrons. The summed E-state index contributed by atoms with van der Waals surface area (Å²) in [5.41, 5.74) is 3.41. The quantitative estimate of drug-likeness (QED) is 0.763. The molecule has 2 rings (SSSR count). The van der Waals surface area contributed by atoms with Crippen molar-refractivity contribution in [3.05, 3.63) is 65.2 Å². The standard InChI is InChI=1S/C17H18O2/c1-13-3-7-15(8-4-13)16(12-18)11-14-5-9-17(19-2)10-6-14/h3-10,12,16H,11H2,1-2H3. The summed E-state index contributed by atoms with van der Waals surface area (Å²) < 4.78 is 5.13. The molecule has 0 saturated heterocycles. The fourth-order valence-corrected chi connectivity index (χ4v) is 2.07. The van der Waals surface area contributed by atoms with E-state index in [1.165, 1.54) is 5.56 Å². The van der Waals surface area contributed by atoms with Gasteiger partial charge in [-0.3, -0.25) is 0 Å². The van der Waals surface area contributed by atoms with Gasteiger partial charge in [-0.2, -0.15) is 0 Å². The highest BCUT2D eigenvalue weighted by molar-refractivity contribution is 5.63. The van der Waals surface area contributed by atoms with Gasteiger partial charge in [0.25, 0.3) is 0 Å². The molecule has 0 aliphatic carbocycles. The van der Waals surface area contributed by atoms with Crippen molar-refractivity contribution >= 4 is 6.29 Å². The van der Waals surface area contributed by atoms with Crippen LogP contribution in [0.4, 0.5) is 0 Å². The molecule has 0 fully saturated rings. The second kappa shape index (κ2) is 6.19. The number of benzene rings is 2. The minimum absolute atomic E-state index is 0.0889. The van der Waals surface area contributed by atoms with Gasteiger partial charge in [-0.15, -0.1) is 0 Å². The fraction of sp³-hybridized carbons (Fsp3) is 0.235. The molecular weight excluding hydrogens is 236 g/mol. The van der Waals surface area contributed by atoms with Crippen molar-refractivity contribution in [3.8, 4) is 5.75 Å². The molecule has 0 saturated carbocycles. The highest BCUT2D eigenvalue weighted by atomic mass is 16.5. The van der Waals surface area contributed by atoms with Crippen molar-refractivity contribution in [2.45, 2.75) is 19.3 Å². The number of carbonyl (C=O) groups excluding carboxylic acids is 1. The molecule has 0 N–H and O–H groups in total. The number of rotatable bonds is 5. The van der Waals surface area contributed by atoms with E-state index >= 15 is 0 Å². The maximum absolute atomic E-state index is 11.3. The third-order valence-corrected chi connectivity index (χ3v) is 3.28. The van der Waals surface area contributed by atoms with E-state index in [2.05, 4.69) is 0 Å². The lowest BCUT2D eigenvalue weighted by Gasteiger charge is -2.11. The highest BCUT2D eigenvalue weighted by Gasteiger charge is 2.11. The lowest BCUT2D eigenvalue weighted by Crippen LogP contribution is -2.04. The molecule has 0 heterocycles. The Labute approximate surface area is 114 Å². The molecule has 2 aromatic carbocycles. The van der Waals surface area contributed by atoms with Crippen LogP contribution in [0, 0.1) is 6.92 Å². The summed E-state index contributed by atoms with van der Waals surface area (Å²) in [4.78, 5) is 11.3. The molecule has 2 aromatic rings. The molecule has 2 heteroatoms. The maximum atomic E-state index is 11.3. The number of ether oxygens (including phenoxy) is 1. The van der Waals surface area contributed by atoms with Gasteiger partial charge in [0.15, 0.2) is 0 Å². The van der Waals surface area contributed by atoms with Crippen molar-refractivity contribution in [2.75, 3.05) is 7.11 Å². The average Bonchev–Trinajstić information content (AvgIpc) is 2.46. The molecule has 2 nitrogen and oxygen atoms in total. The topological polar surface area (TPSA) is 26.3 Å². The third kappa shape index (κ3) is 3.44. The zero-order valence-corrected chi connectivity index (χ0v) is 11.3. The van der Waals surface area contributed by atoms with Gasteiger partial charge >= 0.3 is 0 Å². The summed E-state index contributed by atoms with van der Waals surface area (Å²) in [5.74, 6) is 0.746. The predicted octanol–water partition coefficient (Wildman–Crippen LogP) is 3.53. The Morgan fingerprint density at radius 1 is 1.05 bits per heavy atom. The van der Waals surface area contributed by atoms with E-state index < -0.39 is 0 Å². The van der Waals surface area contributed by atoms with Gasteiger partial charge in [-0.05, 0) is 36.6 Å². The molecule has 0 bridgehead atoms. The molecule has 1 unspecified atom stereocenters. The molecular formula is C17H18O2. The smallest absolute Gasteiger partial charge is 0.127 e. The van der Waals surface area contributed by atoms with Crippen molar-refractivity contribution in [3.63, 3.8) is 0 Å². The normalized spacial score (nSPS) is 11.9. The van der Waals surface area contributed by atoms with E-state index in [1.54, 1.807) is 7.11 Å². The van der Waals surface area contributed by atoms with Crippen LogP contribution in [0.5, 0.6) is 5.75 Å². The monoisotopic (exact) mass is 254 g/mol. The Bertz CT molecular complexity index is 526. The van der Waals surface area contributed by atoms with E-state index in [9.17, 15) is 4.79 Å². The zero-order chi connectivity index (χ0) is 13.7. The minimum Gasteiger partial charge on any atom is -0.497 e. The van der Waals surface area contributed by atoms with Gasteiger partial charge in [-0.25, -0.2) is 0 Å². The lowest BCUT2D eigenvalue weighted by molar-refractivity contribution is -0.109. The summed E-state index contributed by atoms with van der Waals surface area (Å²) >= 11 is 0. The van der Waals surface area contributed by atoms with Crippen LogP contribution >= 0.6 is 0 Å². The lowest BCUT2D eigenvalue weighted by atomic mass is 9.93. The largest absolute Gasteiger partial charge is 0.497 e. The van der Waals surface area contributed by atoms with Crippen molar-refractivity contribution in [1.29, 1.82) is 0 Å². The number of aldehydes is 1. The van der Waals surface area contributed by atoms with E-state index in [0.29, 0.717) is 0 Å². The molecule has 0 aliphatic rings. The summed E-state index contributed by atoms with van der Waals surface area (Å²) in [5, 5.41) is 0. The highest BCUT2D eigenvalue weighted by Crippen LogP contribution is 2.21. The van der Waals surface area contributed by atoms with Crippen LogP contribution in [0.3, 0.4) is 0 Å². The van der Waals surface area contributed by atoms with Crippen LogP contribution in [0.1, 0.15) is 22.6 Å². The first kappa shape index (κ1) is 13.3. The van der Waals surface area contributed by atoms with Crippen LogP contribution < -0.4 is 4.74 Å².